The van der Waals surface area contributed by atoms with Crippen molar-refractivity contribution in [2.45, 2.75) is 31.9 Å². The van der Waals surface area contributed by atoms with Gasteiger partial charge in [0.15, 0.2) is 0 Å². The minimum atomic E-state index is -0.177. The van der Waals surface area contributed by atoms with Crippen LogP contribution in [-0.4, -0.2) is 23.8 Å². The number of para-hydroxylation sites is 1. The molecule has 2 rings (SSSR count). The summed E-state index contributed by atoms with van der Waals surface area (Å²) >= 11 is 0. The molecule has 0 aliphatic carbocycles. The van der Waals surface area contributed by atoms with Gasteiger partial charge < -0.3 is 10.0 Å². The Morgan fingerprint density at radius 3 is 2.71 bits per heavy atom. The third-order valence-electron chi connectivity index (χ3n) is 3.04. The smallest absolute Gasteiger partial charge is 0.0741 e. The molecule has 0 amide bonds. The number of piperidine rings is 1. The second kappa shape index (κ2) is 4.01. The number of aliphatic hydroxyl groups excluding tert-OH is 1. The molecule has 1 fully saturated rings. The molecule has 1 N–H and O–H groups in total. The second-order valence-corrected chi connectivity index (χ2v) is 3.98. The van der Waals surface area contributed by atoms with Crippen LogP contribution in [0.25, 0.3) is 0 Å². The molecule has 2 heteroatoms. The Morgan fingerprint density at radius 1 is 1.29 bits per heavy atom. The number of anilines is 1. The number of benzene rings is 1. The van der Waals surface area contributed by atoms with E-state index in [0.29, 0.717) is 0 Å². The van der Waals surface area contributed by atoms with Gasteiger partial charge in [-0.1, -0.05) is 18.2 Å². The molecule has 0 spiro atoms. The fraction of sp³-hybridized carbons (Fsp3) is 0.500. The number of rotatable bonds is 1. The molecule has 1 saturated heterocycles. The van der Waals surface area contributed by atoms with Crippen LogP contribution in [0, 0.1) is 0 Å². The van der Waals surface area contributed by atoms with E-state index in [-0.39, 0.29) is 12.1 Å². The van der Waals surface area contributed by atoms with E-state index in [1.54, 1.807) is 0 Å². The summed E-state index contributed by atoms with van der Waals surface area (Å²) in [6.07, 6.45) is 1.84. The first-order chi connectivity index (χ1) is 6.79. The van der Waals surface area contributed by atoms with Gasteiger partial charge in [0, 0.05) is 12.2 Å². The van der Waals surface area contributed by atoms with Gasteiger partial charge in [-0.2, -0.15) is 0 Å². The van der Waals surface area contributed by atoms with Gasteiger partial charge >= 0.3 is 0 Å². The van der Waals surface area contributed by atoms with E-state index in [1.807, 2.05) is 18.2 Å². The SMILES string of the molecule is CC1C(O)CCCN1c1ccccc1. The number of hydrogen-bond donors (Lipinski definition) is 1. The van der Waals surface area contributed by atoms with Gasteiger partial charge in [-0.3, -0.25) is 0 Å². The molecular formula is C12H17NO. The van der Waals surface area contributed by atoms with Gasteiger partial charge in [0.1, 0.15) is 0 Å². The number of hydrogen-bond acceptors (Lipinski definition) is 2. The van der Waals surface area contributed by atoms with E-state index in [0.717, 1.165) is 19.4 Å². The highest BCUT2D eigenvalue weighted by atomic mass is 16.3. The molecule has 1 aromatic rings. The Balaban J connectivity index is 2.17. The fourth-order valence-corrected chi connectivity index (χ4v) is 2.11. The molecule has 1 aliphatic heterocycles. The largest absolute Gasteiger partial charge is 0.391 e. The predicted octanol–water partition coefficient (Wildman–Crippen LogP) is 2.04. The second-order valence-electron chi connectivity index (χ2n) is 3.98. The summed E-state index contributed by atoms with van der Waals surface area (Å²) in [4.78, 5) is 2.29. The molecule has 0 radical (unpaired) electrons. The van der Waals surface area contributed by atoms with E-state index in [1.165, 1.54) is 5.69 Å². The lowest BCUT2D eigenvalue weighted by atomic mass is 9.99. The van der Waals surface area contributed by atoms with Crippen LogP contribution in [0.1, 0.15) is 19.8 Å². The van der Waals surface area contributed by atoms with Crippen molar-refractivity contribution in [3.63, 3.8) is 0 Å². The van der Waals surface area contributed by atoms with E-state index >= 15 is 0 Å². The van der Waals surface area contributed by atoms with Crippen molar-refractivity contribution in [3.05, 3.63) is 30.3 Å². The summed E-state index contributed by atoms with van der Waals surface area (Å²) in [6, 6.07) is 10.6. The minimum absolute atomic E-state index is 0.177. The molecule has 2 unspecified atom stereocenters. The molecule has 0 aromatic heterocycles. The van der Waals surface area contributed by atoms with Crippen molar-refractivity contribution in [1.29, 1.82) is 0 Å². The summed E-state index contributed by atoms with van der Waals surface area (Å²) in [7, 11) is 0. The van der Waals surface area contributed by atoms with Gasteiger partial charge in [0.2, 0.25) is 0 Å². The fourth-order valence-electron chi connectivity index (χ4n) is 2.11. The van der Waals surface area contributed by atoms with Crippen molar-refractivity contribution in [1.82, 2.24) is 0 Å². The zero-order valence-corrected chi connectivity index (χ0v) is 8.56. The Morgan fingerprint density at radius 2 is 2.00 bits per heavy atom. The van der Waals surface area contributed by atoms with Crippen LogP contribution >= 0.6 is 0 Å². The highest BCUT2D eigenvalue weighted by Gasteiger charge is 2.25. The standard InChI is InChI=1S/C12H17NO/c1-10-12(14)8-5-9-13(10)11-6-3-2-4-7-11/h2-4,6-7,10,12,14H,5,8-9H2,1H3. The number of nitrogens with zero attached hydrogens (tertiary/aromatic N) is 1. The number of aliphatic hydroxyl groups is 1. The van der Waals surface area contributed by atoms with Crippen LogP contribution in [0.15, 0.2) is 30.3 Å². The Kier molecular flexibility index (Phi) is 2.73. The van der Waals surface area contributed by atoms with Crippen LogP contribution in [-0.2, 0) is 0 Å². The monoisotopic (exact) mass is 191 g/mol. The average Bonchev–Trinajstić information content (AvgIpc) is 2.23. The maximum absolute atomic E-state index is 9.77. The van der Waals surface area contributed by atoms with Crippen molar-refractivity contribution in [2.24, 2.45) is 0 Å². The third-order valence-corrected chi connectivity index (χ3v) is 3.04. The Hall–Kier alpha value is -1.02. The van der Waals surface area contributed by atoms with E-state index in [2.05, 4.69) is 24.0 Å². The highest BCUT2D eigenvalue weighted by molar-refractivity contribution is 5.47. The quantitative estimate of drug-likeness (QED) is 0.734. The zero-order chi connectivity index (χ0) is 9.97. The van der Waals surface area contributed by atoms with Crippen molar-refractivity contribution >= 4 is 5.69 Å². The molecule has 1 aromatic carbocycles. The third kappa shape index (κ3) is 1.75. The topological polar surface area (TPSA) is 23.5 Å². The molecule has 1 aliphatic rings. The van der Waals surface area contributed by atoms with Crippen LogP contribution in [0.2, 0.25) is 0 Å². The summed E-state index contributed by atoms with van der Waals surface area (Å²) in [5.41, 5.74) is 1.22. The lowest BCUT2D eigenvalue weighted by Gasteiger charge is -2.38. The minimum Gasteiger partial charge on any atom is -0.391 e. The van der Waals surface area contributed by atoms with Gasteiger partial charge in [-0.25, -0.2) is 0 Å². The summed E-state index contributed by atoms with van der Waals surface area (Å²) in [5, 5.41) is 9.77. The van der Waals surface area contributed by atoms with E-state index < -0.39 is 0 Å². The lowest BCUT2D eigenvalue weighted by Crippen LogP contribution is -2.46. The molecule has 0 bridgehead atoms. The molecular weight excluding hydrogens is 174 g/mol. The van der Waals surface area contributed by atoms with E-state index in [9.17, 15) is 5.11 Å². The Bertz CT molecular complexity index is 286. The van der Waals surface area contributed by atoms with Crippen LogP contribution in [0.4, 0.5) is 5.69 Å². The summed E-state index contributed by atoms with van der Waals surface area (Å²) in [6.45, 7) is 3.15. The van der Waals surface area contributed by atoms with Gasteiger partial charge in [-0.05, 0) is 31.9 Å². The molecule has 2 atom stereocenters. The molecule has 2 nitrogen and oxygen atoms in total. The lowest BCUT2D eigenvalue weighted by molar-refractivity contribution is 0.119. The molecule has 14 heavy (non-hydrogen) atoms. The zero-order valence-electron chi connectivity index (χ0n) is 8.56. The van der Waals surface area contributed by atoms with Crippen LogP contribution in [0.3, 0.4) is 0 Å². The summed E-state index contributed by atoms with van der Waals surface area (Å²) < 4.78 is 0. The van der Waals surface area contributed by atoms with Crippen molar-refractivity contribution in [2.75, 3.05) is 11.4 Å². The molecule has 76 valence electrons. The van der Waals surface area contributed by atoms with Crippen molar-refractivity contribution in [3.8, 4) is 0 Å². The van der Waals surface area contributed by atoms with E-state index in [4.69, 9.17) is 0 Å². The maximum atomic E-state index is 9.77. The summed E-state index contributed by atoms with van der Waals surface area (Å²) in [5.74, 6) is 0. The molecule has 1 heterocycles. The first-order valence-electron chi connectivity index (χ1n) is 5.29. The maximum Gasteiger partial charge on any atom is 0.0741 e. The van der Waals surface area contributed by atoms with Gasteiger partial charge in [-0.15, -0.1) is 0 Å². The van der Waals surface area contributed by atoms with Crippen LogP contribution in [0.5, 0.6) is 0 Å². The Labute approximate surface area is 85.2 Å². The van der Waals surface area contributed by atoms with Gasteiger partial charge in [0.05, 0.1) is 12.1 Å². The highest BCUT2D eigenvalue weighted by Crippen LogP contribution is 2.24. The van der Waals surface area contributed by atoms with Crippen LogP contribution < -0.4 is 4.90 Å². The predicted molar refractivity (Wildman–Crippen MR) is 58.5 cm³/mol. The first kappa shape index (κ1) is 9.53. The normalized spacial score (nSPS) is 27.7. The average molecular weight is 191 g/mol. The molecule has 0 saturated carbocycles. The van der Waals surface area contributed by atoms with Gasteiger partial charge in [0.25, 0.3) is 0 Å². The first-order valence-corrected chi connectivity index (χ1v) is 5.29. The van der Waals surface area contributed by atoms with Crippen molar-refractivity contribution < 1.29 is 5.11 Å².